The van der Waals surface area contributed by atoms with E-state index in [2.05, 4.69) is 19.9 Å². The summed E-state index contributed by atoms with van der Waals surface area (Å²) in [6, 6.07) is 9.21. The number of ether oxygens (including phenoxy) is 2. The molecule has 1 unspecified atom stereocenters. The molecule has 1 amide bonds. The minimum atomic E-state index is -3.33. The van der Waals surface area contributed by atoms with E-state index in [1.54, 1.807) is 39.0 Å². The summed E-state index contributed by atoms with van der Waals surface area (Å²) >= 11 is 6.58. The highest BCUT2D eigenvalue weighted by Gasteiger charge is 2.53. The van der Waals surface area contributed by atoms with E-state index in [-0.39, 0.29) is 40.5 Å². The molecule has 48 heavy (non-hydrogen) atoms. The lowest BCUT2D eigenvalue weighted by Gasteiger charge is -2.32. The Kier molecular flexibility index (Phi) is 8.10. The van der Waals surface area contributed by atoms with Gasteiger partial charge in [0.2, 0.25) is 0 Å². The number of nitrogens with zero attached hydrogens (tertiary/aromatic N) is 6. The quantitative estimate of drug-likeness (QED) is 0.209. The molecule has 3 saturated heterocycles. The first-order valence-electron chi connectivity index (χ1n) is 16.3. The van der Waals surface area contributed by atoms with Crippen molar-refractivity contribution in [1.82, 2.24) is 24.8 Å². The maximum Gasteiger partial charge on any atom is 0.410 e. The summed E-state index contributed by atoms with van der Waals surface area (Å²) in [5.74, 6) is -4.06. The number of likely N-dealkylation sites (N-methyl/N-ethyl adjacent to an activating group) is 1. The number of carbonyl (C=O) groups excluding carboxylic acids is 1. The zero-order valence-electron chi connectivity index (χ0n) is 27.4. The number of hydrogen-bond acceptors (Lipinski definition) is 8. The molecule has 2 aromatic carbocycles. The van der Waals surface area contributed by atoms with Crippen molar-refractivity contribution < 1.29 is 27.4 Å². The Bertz CT molecular complexity index is 1890. The van der Waals surface area contributed by atoms with Crippen LogP contribution in [0.5, 0.6) is 6.01 Å². The highest BCUT2D eigenvalue weighted by Crippen LogP contribution is 2.41. The van der Waals surface area contributed by atoms with Crippen molar-refractivity contribution in [2.75, 3.05) is 44.7 Å². The Morgan fingerprint density at radius 3 is 2.52 bits per heavy atom. The van der Waals surface area contributed by atoms with Gasteiger partial charge in [0, 0.05) is 29.2 Å². The summed E-state index contributed by atoms with van der Waals surface area (Å²) in [7, 11) is 1.45. The maximum atomic E-state index is 16.8. The molecule has 3 aliphatic rings. The molecule has 7 rings (SSSR count). The highest BCUT2D eigenvalue weighted by molar-refractivity contribution is 6.36. The van der Waals surface area contributed by atoms with Crippen LogP contribution in [-0.4, -0.2) is 93.8 Å². The first-order valence-corrected chi connectivity index (χ1v) is 16.6. The summed E-state index contributed by atoms with van der Waals surface area (Å²) in [4.78, 5) is 31.1. The zero-order chi connectivity index (χ0) is 34.0. The summed E-state index contributed by atoms with van der Waals surface area (Å²) < 4.78 is 59.7. The van der Waals surface area contributed by atoms with E-state index in [0.29, 0.717) is 22.6 Å². The zero-order valence-corrected chi connectivity index (χ0v) is 28.2. The van der Waals surface area contributed by atoms with Gasteiger partial charge in [-0.3, -0.25) is 14.8 Å². The molecular formula is C35H38ClF3N6O3. The van der Waals surface area contributed by atoms with E-state index < -0.39 is 36.0 Å². The van der Waals surface area contributed by atoms with Gasteiger partial charge < -0.3 is 14.4 Å². The number of anilines is 1. The van der Waals surface area contributed by atoms with Gasteiger partial charge in [0.25, 0.3) is 5.92 Å². The topological polar surface area (TPSA) is 83.9 Å². The standard InChI is InChI=1S/C35H38ClF3N6O3/c1-33(2,3)48-32(46)44-18-25(35(38,39)19-44)43(4)30-23-17-40-28(22-11-5-9-21-10-6-12-24(36)26(21)22)27(37)29(23)41-31(42-30)47-20-34-13-7-15-45(34)16-8-14-34/h5-6,9-12,17,25H,7-8,13-16,18-20H2,1-4H3. The smallest absolute Gasteiger partial charge is 0.410 e. The van der Waals surface area contributed by atoms with Crippen molar-refractivity contribution in [2.45, 2.75) is 69.6 Å². The molecule has 3 aliphatic heterocycles. The number of aromatic nitrogens is 3. The van der Waals surface area contributed by atoms with Gasteiger partial charge >= 0.3 is 12.1 Å². The number of fused-ring (bicyclic) bond motifs is 3. The third kappa shape index (κ3) is 5.76. The van der Waals surface area contributed by atoms with Crippen LogP contribution >= 0.6 is 11.6 Å². The second-order valence-electron chi connectivity index (χ2n) is 14.1. The van der Waals surface area contributed by atoms with E-state index in [1.165, 1.54) is 18.1 Å². The van der Waals surface area contributed by atoms with E-state index in [4.69, 9.17) is 21.1 Å². The molecule has 5 heterocycles. The van der Waals surface area contributed by atoms with Gasteiger partial charge in [-0.15, -0.1) is 0 Å². The number of rotatable bonds is 6. The van der Waals surface area contributed by atoms with Gasteiger partial charge in [-0.1, -0.05) is 41.9 Å². The van der Waals surface area contributed by atoms with Crippen molar-refractivity contribution >= 4 is 45.2 Å². The van der Waals surface area contributed by atoms with E-state index in [9.17, 15) is 4.79 Å². The van der Waals surface area contributed by atoms with Crippen molar-refractivity contribution in [1.29, 1.82) is 0 Å². The third-order valence-electron chi connectivity index (χ3n) is 9.77. The normalized spacial score (nSPS) is 20.4. The molecule has 2 aromatic heterocycles. The Hall–Kier alpha value is -3.90. The van der Waals surface area contributed by atoms with Gasteiger partial charge in [0.05, 0.1) is 24.0 Å². The van der Waals surface area contributed by atoms with Crippen molar-refractivity contribution in [3.63, 3.8) is 0 Å². The van der Waals surface area contributed by atoms with Crippen LogP contribution in [0, 0.1) is 5.82 Å². The second kappa shape index (κ2) is 11.9. The number of pyridine rings is 1. The van der Waals surface area contributed by atoms with Crippen molar-refractivity contribution in [3.8, 4) is 17.3 Å². The first-order chi connectivity index (χ1) is 22.8. The molecular weight excluding hydrogens is 645 g/mol. The molecule has 0 saturated carbocycles. The van der Waals surface area contributed by atoms with Gasteiger partial charge in [-0.25, -0.2) is 18.0 Å². The Morgan fingerprint density at radius 1 is 1.10 bits per heavy atom. The van der Waals surface area contributed by atoms with Crippen LogP contribution in [-0.2, 0) is 4.74 Å². The molecule has 4 aromatic rings. The molecule has 13 heteroatoms. The van der Waals surface area contributed by atoms with Gasteiger partial charge in [0.15, 0.2) is 5.82 Å². The summed E-state index contributed by atoms with van der Waals surface area (Å²) in [5, 5.41) is 2.00. The van der Waals surface area contributed by atoms with Gasteiger partial charge in [-0.2, -0.15) is 9.97 Å². The molecule has 3 fully saturated rings. The van der Waals surface area contributed by atoms with Crippen LogP contribution in [0.4, 0.5) is 23.8 Å². The molecule has 0 spiro atoms. The lowest BCUT2D eigenvalue weighted by molar-refractivity contribution is -0.0102. The fraction of sp³-hybridized carbons (Fsp3) is 0.486. The Labute approximate surface area is 282 Å². The molecule has 0 bridgehead atoms. The number of amides is 1. The maximum absolute atomic E-state index is 16.8. The molecule has 254 valence electrons. The average molecular weight is 683 g/mol. The molecule has 9 nitrogen and oxygen atoms in total. The Morgan fingerprint density at radius 2 is 1.81 bits per heavy atom. The van der Waals surface area contributed by atoms with Crippen LogP contribution < -0.4 is 9.64 Å². The largest absolute Gasteiger partial charge is 0.461 e. The Balaban J connectivity index is 1.32. The molecule has 0 aliphatic carbocycles. The van der Waals surface area contributed by atoms with Crippen LogP contribution in [0.2, 0.25) is 5.02 Å². The second-order valence-corrected chi connectivity index (χ2v) is 14.5. The number of carbonyl (C=O) groups is 1. The molecule has 0 radical (unpaired) electrons. The van der Waals surface area contributed by atoms with Crippen LogP contribution in [0.1, 0.15) is 46.5 Å². The summed E-state index contributed by atoms with van der Waals surface area (Å²) in [5.41, 5.74) is -0.644. The minimum absolute atomic E-state index is 0.0121. The summed E-state index contributed by atoms with van der Waals surface area (Å²) in [6.45, 7) is 6.13. The van der Waals surface area contributed by atoms with Gasteiger partial charge in [-0.05, 0) is 71.0 Å². The number of hydrogen-bond donors (Lipinski definition) is 0. The minimum Gasteiger partial charge on any atom is -0.461 e. The number of likely N-dealkylation sites (tertiary alicyclic amines) is 1. The molecule has 1 atom stereocenters. The average Bonchev–Trinajstić information content (AvgIpc) is 3.71. The number of alkyl halides is 2. The van der Waals surface area contributed by atoms with Crippen LogP contribution in [0.3, 0.4) is 0 Å². The fourth-order valence-electron chi connectivity index (χ4n) is 7.48. The lowest BCUT2D eigenvalue weighted by atomic mass is 9.95. The van der Waals surface area contributed by atoms with E-state index in [1.807, 2.05) is 18.2 Å². The van der Waals surface area contributed by atoms with Crippen molar-refractivity contribution in [2.24, 2.45) is 0 Å². The number of halogens is 4. The monoisotopic (exact) mass is 682 g/mol. The number of benzene rings is 2. The SMILES string of the molecule is CN(c1nc(OCC23CCCN2CCC3)nc2c(F)c(-c3cccc4cccc(Cl)c34)ncc12)C1CN(C(=O)OC(C)(C)C)CC1(F)F. The van der Waals surface area contributed by atoms with Crippen LogP contribution in [0.25, 0.3) is 32.9 Å². The summed E-state index contributed by atoms with van der Waals surface area (Å²) in [6.07, 6.45) is 4.60. The van der Waals surface area contributed by atoms with Gasteiger partial charge in [0.1, 0.15) is 35.3 Å². The van der Waals surface area contributed by atoms with Crippen molar-refractivity contribution in [3.05, 3.63) is 53.4 Å². The molecule has 0 N–H and O–H groups in total. The predicted octanol–water partition coefficient (Wildman–Crippen LogP) is 7.34. The van der Waals surface area contributed by atoms with Crippen LogP contribution in [0.15, 0.2) is 42.6 Å². The highest BCUT2D eigenvalue weighted by atomic mass is 35.5. The third-order valence-corrected chi connectivity index (χ3v) is 10.1. The lowest BCUT2D eigenvalue weighted by Crippen LogP contribution is -2.46. The first kappa shape index (κ1) is 32.6. The predicted molar refractivity (Wildman–Crippen MR) is 178 cm³/mol. The van der Waals surface area contributed by atoms with E-state index >= 15 is 13.2 Å². The van der Waals surface area contributed by atoms with E-state index in [0.717, 1.165) is 49.1 Å². The fourth-order valence-corrected chi connectivity index (χ4v) is 7.76.